The van der Waals surface area contributed by atoms with Gasteiger partial charge in [0.2, 0.25) is 5.91 Å². The van der Waals surface area contributed by atoms with Gasteiger partial charge in [0.05, 0.1) is 0 Å². The molecule has 1 fully saturated rings. The monoisotopic (exact) mass is 274 g/mol. The zero-order valence-corrected chi connectivity index (χ0v) is 12.5. The molecule has 1 amide bonds. The van der Waals surface area contributed by atoms with Gasteiger partial charge in [-0.25, -0.2) is 0 Å². The number of hydrogen-bond acceptors (Lipinski definition) is 2. The van der Waals surface area contributed by atoms with E-state index in [1.54, 1.807) is 0 Å². The SMILES string of the molecule is CCCC(=O)NC1CCCCN(Cc2ccccc2)C1. The van der Waals surface area contributed by atoms with Gasteiger partial charge in [0, 0.05) is 25.6 Å². The van der Waals surface area contributed by atoms with Crippen molar-refractivity contribution in [2.45, 2.75) is 51.6 Å². The zero-order chi connectivity index (χ0) is 14.2. The molecule has 1 atom stereocenters. The summed E-state index contributed by atoms with van der Waals surface area (Å²) in [4.78, 5) is 14.2. The van der Waals surface area contributed by atoms with Crippen molar-refractivity contribution in [2.24, 2.45) is 0 Å². The topological polar surface area (TPSA) is 32.3 Å². The number of rotatable bonds is 5. The van der Waals surface area contributed by atoms with Crippen LogP contribution in [0.3, 0.4) is 0 Å². The number of carbonyl (C=O) groups excluding carboxylic acids is 1. The Morgan fingerprint density at radius 1 is 1.30 bits per heavy atom. The number of carbonyl (C=O) groups is 1. The minimum atomic E-state index is 0.207. The lowest BCUT2D eigenvalue weighted by Gasteiger charge is -2.25. The summed E-state index contributed by atoms with van der Waals surface area (Å²) >= 11 is 0. The Morgan fingerprint density at radius 3 is 2.85 bits per heavy atom. The number of nitrogens with one attached hydrogen (secondary N) is 1. The summed E-state index contributed by atoms with van der Waals surface area (Å²) in [5.74, 6) is 0.207. The Bertz CT molecular complexity index is 405. The van der Waals surface area contributed by atoms with Gasteiger partial charge >= 0.3 is 0 Å². The predicted octanol–water partition coefficient (Wildman–Crippen LogP) is 2.96. The lowest BCUT2D eigenvalue weighted by Crippen LogP contribution is -2.42. The predicted molar refractivity (Wildman–Crippen MR) is 82.4 cm³/mol. The highest BCUT2D eigenvalue weighted by Crippen LogP contribution is 2.14. The highest BCUT2D eigenvalue weighted by molar-refractivity contribution is 5.76. The summed E-state index contributed by atoms with van der Waals surface area (Å²) in [7, 11) is 0. The molecule has 20 heavy (non-hydrogen) atoms. The number of amides is 1. The first-order chi connectivity index (χ1) is 9.78. The number of benzene rings is 1. The van der Waals surface area contributed by atoms with Gasteiger partial charge in [-0.05, 0) is 31.4 Å². The molecule has 0 saturated carbocycles. The molecule has 0 spiro atoms. The van der Waals surface area contributed by atoms with Crippen LogP contribution >= 0.6 is 0 Å². The number of likely N-dealkylation sites (tertiary alicyclic amines) is 1. The van der Waals surface area contributed by atoms with Crippen molar-refractivity contribution < 1.29 is 4.79 Å². The summed E-state index contributed by atoms with van der Waals surface area (Å²) in [5.41, 5.74) is 1.35. The molecule has 3 heteroatoms. The van der Waals surface area contributed by atoms with E-state index in [1.165, 1.54) is 18.4 Å². The van der Waals surface area contributed by atoms with Crippen LogP contribution in [0.15, 0.2) is 30.3 Å². The average molecular weight is 274 g/mol. The summed E-state index contributed by atoms with van der Waals surface area (Å²) in [6.07, 6.45) is 5.12. The van der Waals surface area contributed by atoms with Gasteiger partial charge in [-0.1, -0.05) is 43.7 Å². The molecule has 1 aliphatic rings. The maximum atomic E-state index is 11.8. The fraction of sp³-hybridized carbons (Fsp3) is 0.588. The van der Waals surface area contributed by atoms with Gasteiger partial charge in [-0.2, -0.15) is 0 Å². The van der Waals surface area contributed by atoms with Crippen LogP contribution in [0.1, 0.15) is 44.6 Å². The van der Waals surface area contributed by atoms with Crippen LogP contribution < -0.4 is 5.32 Å². The molecule has 1 aromatic carbocycles. The molecule has 0 radical (unpaired) electrons. The Morgan fingerprint density at radius 2 is 2.10 bits per heavy atom. The fourth-order valence-corrected chi connectivity index (χ4v) is 2.85. The first-order valence-corrected chi connectivity index (χ1v) is 7.83. The molecule has 110 valence electrons. The van der Waals surface area contributed by atoms with Crippen LogP contribution in [-0.4, -0.2) is 29.9 Å². The largest absolute Gasteiger partial charge is 0.352 e. The summed E-state index contributed by atoms with van der Waals surface area (Å²) in [6, 6.07) is 10.9. The highest BCUT2D eigenvalue weighted by atomic mass is 16.1. The molecule has 3 nitrogen and oxygen atoms in total. The highest BCUT2D eigenvalue weighted by Gasteiger charge is 2.19. The summed E-state index contributed by atoms with van der Waals surface area (Å²) < 4.78 is 0. The second-order valence-electron chi connectivity index (χ2n) is 5.73. The van der Waals surface area contributed by atoms with Crippen LogP contribution in [0.5, 0.6) is 0 Å². The Labute approximate surface area is 122 Å². The Balaban J connectivity index is 1.88. The van der Waals surface area contributed by atoms with Crippen molar-refractivity contribution in [2.75, 3.05) is 13.1 Å². The van der Waals surface area contributed by atoms with Gasteiger partial charge in [0.25, 0.3) is 0 Å². The molecule has 1 N–H and O–H groups in total. The summed E-state index contributed by atoms with van der Waals surface area (Å²) in [5, 5.41) is 3.19. The van der Waals surface area contributed by atoms with E-state index in [9.17, 15) is 4.79 Å². The number of nitrogens with zero attached hydrogens (tertiary/aromatic N) is 1. The van der Waals surface area contributed by atoms with Crippen LogP contribution in [0.2, 0.25) is 0 Å². The van der Waals surface area contributed by atoms with Crippen LogP contribution in [0.25, 0.3) is 0 Å². The van der Waals surface area contributed by atoms with Gasteiger partial charge in [-0.15, -0.1) is 0 Å². The standard InChI is InChI=1S/C17H26N2O/c1-2-8-17(20)18-16-11-6-7-12-19(14-16)13-15-9-4-3-5-10-15/h3-5,9-10,16H,2,6-8,11-14H2,1H3,(H,18,20). The van der Waals surface area contributed by atoms with Crippen LogP contribution in [0, 0.1) is 0 Å². The van der Waals surface area contributed by atoms with Gasteiger partial charge in [0.1, 0.15) is 0 Å². The maximum absolute atomic E-state index is 11.8. The van der Waals surface area contributed by atoms with Crippen molar-refractivity contribution in [3.05, 3.63) is 35.9 Å². The zero-order valence-electron chi connectivity index (χ0n) is 12.5. The third-order valence-corrected chi connectivity index (χ3v) is 3.85. The molecule has 0 aliphatic carbocycles. The molecule has 0 bridgehead atoms. The maximum Gasteiger partial charge on any atom is 0.220 e. The van der Waals surface area contributed by atoms with E-state index < -0.39 is 0 Å². The van der Waals surface area contributed by atoms with Crippen LogP contribution in [-0.2, 0) is 11.3 Å². The molecule has 0 aromatic heterocycles. The van der Waals surface area contributed by atoms with Crippen molar-refractivity contribution in [3.8, 4) is 0 Å². The van der Waals surface area contributed by atoms with Gasteiger partial charge < -0.3 is 5.32 Å². The van der Waals surface area contributed by atoms with E-state index in [4.69, 9.17) is 0 Å². The van der Waals surface area contributed by atoms with Crippen molar-refractivity contribution in [1.82, 2.24) is 10.2 Å². The molecular formula is C17H26N2O. The van der Waals surface area contributed by atoms with E-state index in [0.29, 0.717) is 12.5 Å². The smallest absolute Gasteiger partial charge is 0.220 e. The van der Waals surface area contributed by atoms with E-state index in [0.717, 1.165) is 32.5 Å². The molecular weight excluding hydrogens is 248 g/mol. The van der Waals surface area contributed by atoms with Crippen molar-refractivity contribution in [3.63, 3.8) is 0 Å². The first-order valence-electron chi connectivity index (χ1n) is 7.83. The molecule has 2 rings (SSSR count). The Hall–Kier alpha value is -1.35. The molecule has 1 saturated heterocycles. The molecule has 1 heterocycles. The number of hydrogen-bond donors (Lipinski definition) is 1. The quantitative estimate of drug-likeness (QED) is 0.895. The lowest BCUT2D eigenvalue weighted by atomic mass is 10.1. The molecule has 1 unspecified atom stereocenters. The normalized spacial score (nSPS) is 20.4. The third-order valence-electron chi connectivity index (χ3n) is 3.85. The first kappa shape index (κ1) is 15.0. The van der Waals surface area contributed by atoms with Crippen LogP contribution in [0.4, 0.5) is 0 Å². The minimum absolute atomic E-state index is 0.207. The van der Waals surface area contributed by atoms with Crippen molar-refractivity contribution in [1.29, 1.82) is 0 Å². The Kier molecular flexibility index (Phi) is 6.06. The second kappa shape index (κ2) is 8.05. The summed E-state index contributed by atoms with van der Waals surface area (Å²) in [6.45, 7) is 5.15. The van der Waals surface area contributed by atoms with Gasteiger partial charge in [-0.3, -0.25) is 9.69 Å². The third kappa shape index (κ3) is 4.97. The fourth-order valence-electron chi connectivity index (χ4n) is 2.85. The van der Waals surface area contributed by atoms with E-state index in [2.05, 4.69) is 40.5 Å². The van der Waals surface area contributed by atoms with Gasteiger partial charge in [0.15, 0.2) is 0 Å². The van der Waals surface area contributed by atoms with E-state index >= 15 is 0 Å². The second-order valence-corrected chi connectivity index (χ2v) is 5.73. The average Bonchev–Trinajstić information content (AvgIpc) is 2.65. The lowest BCUT2D eigenvalue weighted by molar-refractivity contribution is -0.121. The van der Waals surface area contributed by atoms with Crippen molar-refractivity contribution >= 4 is 5.91 Å². The minimum Gasteiger partial charge on any atom is -0.352 e. The molecule has 1 aromatic rings. The van der Waals surface area contributed by atoms with E-state index in [-0.39, 0.29) is 5.91 Å². The van der Waals surface area contributed by atoms with E-state index in [1.807, 2.05) is 6.92 Å². The molecule has 1 aliphatic heterocycles.